The Morgan fingerprint density at radius 3 is 2.31 bits per heavy atom. The van der Waals surface area contributed by atoms with Crippen molar-refractivity contribution >= 4 is 38.6 Å². The number of sulfonamides is 1. The SMILES string of the molecule is CC(C)C(NS(=O)(=O)c1ccc(-c2ccc(NC(=O)c3cc4ccccc4o3)cn2)cc1)C(=O)O. The van der Waals surface area contributed by atoms with Crippen molar-refractivity contribution in [2.24, 2.45) is 5.92 Å². The molecule has 180 valence electrons. The summed E-state index contributed by atoms with van der Waals surface area (Å²) in [7, 11) is -4.01. The standard InChI is InChI=1S/C25H23N3O6S/c1-15(2)23(25(30)31)28-35(32,33)19-10-7-16(8-11-19)20-12-9-18(14-26-20)27-24(29)22-13-17-5-3-4-6-21(17)34-22/h3-15,23,28H,1-2H3,(H,27,29)(H,30,31). The molecule has 0 aliphatic heterocycles. The second kappa shape index (κ2) is 9.69. The Bertz CT molecular complexity index is 1440. The number of benzene rings is 2. The van der Waals surface area contributed by atoms with Gasteiger partial charge in [-0.2, -0.15) is 4.72 Å². The minimum absolute atomic E-state index is 0.0529. The predicted molar refractivity (Wildman–Crippen MR) is 130 cm³/mol. The Morgan fingerprint density at radius 1 is 1.00 bits per heavy atom. The molecule has 0 aliphatic carbocycles. The molecule has 4 aromatic rings. The number of carboxylic acid groups (broad SMARTS) is 1. The van der Waals surface area contributed by atoms with Gasteiger partial charge in [0.25, 0.3) is 5.91 Å². The van der Waals surface area contributed by atoms with Crippen molar-refractivity contribution in [3.63, 3.8) is 0 Å². The number of hydrogen-bond acceptors (Lipinski definition) is 6. The predicted octanol–water partition coefficient (Wildman–Crippen LogP) is 4.13. The van der Waals surface area contributed by atoms with Crippen LogP contribution in [0.25, 0.3) is 22.2 Å². The van der Waals surface area contributed by atoms with Crippen molar-refractivity contribution in [2.75, 3.05) is 5.32 Å². The van der Waals surface area contributed by atoms with Crippen LogP contribution in [0.2, 0.25) is 0 Å². The monoisotopic (exact) mass is 493 g/mol. The molecule has 0 radical (unpaired) electrons. The molecule has 2 aromatic carbocycles. The molecule has 0 saturated heterocycles. The summed E-state index contributed by atoms with van der Waals surface area (Å²) in [5.74, 6) is -1.88. The minimum atomic E-state index is -4.01. The first kappa shape index (κ1) is 24.1. The van der Waals surface area contributed by atoms with Gasteiger partial charge in [0, 0.05) is 10.9 Å². The number of aliphatic carboxylic acids is 1. The second-order valence-corrected chi connectivity index (χ2v) is 9.95. The maximum Gasteiger partial charge on any atom is 0.322 e. The van der Waals surface area contributed by atoms with Gasteiger partial charge in [0.1, 0.15) is 11.6 Å². The maximum atomic E-state index is 12.6. The van der Waals surface area contributed by atoms with E-state index in [2.05, 4.69) is 15.0 Å². The Morgan fingerprint density at radius 2 is 1.71 bits per heavy atom. The molecule has 35 heavy (non-hydrogen) atoms. The molecule has 1 amide bonds. The number of amides is 1. The van der Waals surface area contributed by atoms with Crippen LogP contribution in [0.5, 0.6) is 0 Å². The average Bonchev–Trinajstić information content (AvgIpc) is 3.27. The van der Waals surface area contributed by atoms with Crippen LogP contribution in [0, 0.1) is 5.92 Å². The molecule has 0 aliphatic rings. The first-order chi connectivity index (χ1) is 16.6. The lowest BCUT2D eigenvalue weighted by atomic mass is 10.1. The van der Waals surface area contributed by atoms with E-state index < -0.39 is 33.9 Å². The van der Waals surface area contributed by atoms with Gasteiger partial charge in [0.05, 0.1) is 22.5 Å². The highest BCUT2D eigenvalue weighted by molar-refractivity contribution is 7.89. The molecule has 9 nitrogen and oxygen atoms in total. The fourth-order valence-electron chi connectivity index (χ4n) is 3.44. The molecule has 2 heterocycles. The van der Waals surface area contributed by atoms with Gasteiger partial charge >= 0.3 is 5.97 Å². The van der Waals surface area contributed by atoms with E-state index in [0.29, 0.717) is 22.5 Å². The van der Waals surface area contributed by atoms with E-state index in [1.54, 1.807) is 50.2 Å². The van der Waals surface area contributed by atoms with Crippen LogP contribution < -0.4 is 10.0 Å². The van der Waals surface area contributed by atoms with E-state index in [9.17, 15) is 23.1 Å². The van der Waals surface area contributed by atoms with E-state index in [0.717, 1.165) is 5.39 Å². The molecule has 0 spiro atoms. The highest BCUT2D eigenvalue weighted by Gasteiger charge is 2.28. The molecule has 1 atom stereocenters. The molecule has 0 bridgehead atoms. The van der Waals surface area contributed by atoms with Crippen molar-refractivity contribution in [1.82, 2.24) is 9.71 Å². The number of hydrogen-bond donors (Lipinski definition) is 3. The number of carboxylic acids is 1. The molecule has 4 rings (SSSR count). The molecule has 1 unspecified atom stereocenters. The molecule has 0 saturated carbocycles. The zero-order chi connectivity index (χ0) is 25.2. The Kier molecular flexibility index (Phi) is 6.68. The number of nitrogens with one attached hydrogen (secondary N) is 2. The van der Waals surface area contributed by atoms with Gasteiger partial charge in [-0.05, 0) is 42.3 Å². The Hall–Kier alpha value is -4.02. The topological polar surface area (TPSA) is 139 Å². The molecule has 0 fully saturated rings. The highest BCUT2D eigenvalue weighted by Crippen LogP contribution is 2.23. The quantitative estimate of drug-likeness (QED) is 0.335. The Labute approximate surface area is 201 Å². The van der Waals surface area contributed by atoms with Crippen LogP contribution in [0.3, 0.4) is 0 Å². The lowest BCUT2D eigenvalue weighted by Crippen LogP contribution is -2.44. The van der Waals surface area contributed by atoms with Gasteiger partial charge in [-0.1, -0.05) is 44.2 Å². The normalized spacial score (nSPS) is 12.5. The third-order valence-corrected chi connectivity index (χ3v) is 6.80. The minimum Gasteiger partial charge on any atom is -0.480 e. The molecular formula is C25H23N3O6S. The average molecular weight is 494 g/mol. The molecule has 10 heteroatoms. The molecule has 2 aromatic heterocycles. The van der Waals surface area contributed by atoms with Crippen LogP contribution in [0.15, 0.2) is 82.2 Å². The number of furan rings is 1. The van der Waals surface area contributed by atoms with Crippen molar-refractivity contribution in [3.05, 3.63) is 78.7 Å². The summed E-state index contributed by atoms with van der Waals surface area (Å²) in [6.07, 6.45) is 1.49. The highest BCUT2D eigenvalue weighted by atomic mass is 32.2. The van der Waals surface area contributed by atoms with E-state index in [4.69, 9.17) is 4.42 Å². The molecule has 3 N–H and O–H groups in total. The van der Waals surface area contributed by atoms with E-state index in [-0.39, 0.29) is 10.7 Å². The molecular weight excluding hydrogens is 470 g/mol. The number of rotatable bonds is 8. The van der Waals surface area contributed by atoms with Gasteiger partial charge in [-0.15, -0.1) is 0 Å². The van der Waals surface area contributed by atoms with E-state index >= 15 is 0 Å². The summed E-state index contributed by atoms with van der Waals surface area (Å²) in [6, 6.07) is 17.0. The lowest BCUT2D eigenvalue weighted by Gasteiger charge is -2.18. The van der Waals surface area contributed by atoms with Gasteiger partial charge < -0.3 is 14.8 Å². The van der Waals surface area contributed by atoms with Crippen LogP contribution in [0.4, 0.5) is 5.69 Å². The smallest absolute Gasteiger partial charge is 0.322 e. The fourth-order valence-corrected chi connectivity index (χ4v) is 4.77. The van der Waals surface area contributed by atoms with Crippen LogP contribution in [-0.4, -0.2) is 36.4 Å². The zero-order valence-electron chi connectivity index (χ0n) is 18.9. The number of anilines is 1. The summed E-state index contributed by atoms with van der Waals surface area (Å²) in [4.78, 5) is 28.1. The number of carbonyl (C=O) groups is 2. The number of fused-ring (bicyclic) bond motifs is 1. The lowest BCUT2D eigenvalue weighted by molar-refractivity contribution is -0.140. The number of para-hydroxylation sites is 1. The van der Waals surface area contributed by atoms with Gasteiger partial charge in [0.15, 0.2) is 5.76 Å². The number of carbonyl (C=O) groups excluding carboxylic acids is 1. The first-order valence-corrected chi connectivity index (χ1v) is 12.2. The maximum absolute atomic E-state index is 12.6. The summed E-state index contributed by atoms with van der Waals surface area (Å²) in [6.45, 7) is 3.25. The van der Waals surface area contributed by atoms with Crippen LogP contribution in [-0.2, 0) is 14.8 Å². The third kappa shape index (κ3) is 5.39. The van der Waals surface area contributed by atoms with Gasteiger partial charge in [0.2, 0.25) is 10.0 Å². The number of pyridine rings is 1. The largest absolute Gasteiger partial charge is 0.480 e. The summed E-state index contributed by atoms with van der Waals surface area (Å²) in [5, 5.41) is 12.8. The van der Waals surface area contributed by atoms with Gasteiger partial charge in [-0.3, -0.25) is 14.6 Å². The zero-order valence-corrected chi connectivity index (χ0v) is 19.7. The second-order valence-electron chi connectivity index (χ2n) is 8.24. The van der Waals surface area contributed by atoms with Crippen molar-refractivity contribution in [3.8, 4) is 11.3 Å². The fraction of sp³-hybridized carbons (Fsp3) is 0.160. The Balaban J connectivity index is 1.45. The first-order valence-electron chi connectivity index (χ1n) is 10.8. The summed E-state index contributed by atoms with van der Waals surface area (Å²) < 4.78 is 33.0. The summed E-state index contributed by atoms with van der Waals surface area (Å²) in [5.41, 5.74) is 2.30. The number of nitrogens with zero attached hydrogens (tertiary/aromatic N) is 1. The van der Waals surface area contributed by atoms with Crippen LogP contribution >= 0.6 is 0 Å². The van der Waals surface area contributed by atoms with Crippen molar-refractivity contribution in [2.45, 2.75) is 24.8 Å². The number of aromatic nitrogens is 1. The van der Waals surface area contributed by atoms with Crippen molar-refractivity contribution in [1.29, 1.82) is 0 Å². The third-order valence-electron chi connectivity index (χ3n) is 5.35. The van der Waals surface area contributed by atoms with Crippen molar-refractivity contribution < 1.29 is 27.5 Å². The van der Waals surface area contributed by atoms with E-state index in [1.165, 1.54) is 18.3 Å². The van der Waals surface area contributed by atoms with E-state index in [1.807, 2.05) is 18.2 Å². The van der Waals surface area contributed by atoms with Gasteiger partial charge in [-0.25, -0.2) is 8.42 Å². The van der Waals surface area contributed by atoms with Crippen LogP contribution in [0.1, 0.15) is 24.4 Å². The summed E-state index contributed by atoms with van der Waals surface area (Å²) >= 11 is 0.